The molecule has 1 aromatic carbocycles. The summed E-state index contributed by atoms with van der Waals surface area (Å²) in [6.07, 6.45) is 3.04. The van der Waals surface area contributed by atoms with Gasteiger partial charge in [-0.2, -0.15) is 5.10 Å². The molecule has 2 aromatic rings. The van der Waals surface area contributed by atoms with Crippen LogP contribution in [0, 0.1) is 5.82 Å². The number of nitrogens with zero attached hydrogens (tertiary/aromatic N) is 2. The van der Waals surface area contributed by atoms with Gasteiger partial charge in [-0.15, -0.1) is 0 Å². The lowest BCUT2D eigenvalue weighted by Gasteiger charge is -2.14. The van der Waals surface area contributed by atoms with Gasteiger partial charge in [-0.1, -0.05) is 23.7 Å². The summed E-state index contributed by atoms with van der Waals surface area (Å²) in [5.41, 5.74) is 0.841. The first kappa shape index (κ1) is 13.5. The van der Waals surface area contributed by atoms with Gasteiger partial charge >= 0.3 is 0 Å². The van der Waals surface area contributed by atoms with Crippen molar-refractivity contribution >= 4 is 17.5 Å². The molecule has 4 nitrogen and oxygen atoms in total. The molecule has 1 N–H and O–H groups in total. The Labute approximate surface area is 115 Å². The highest BCUT2D eigenvalue weighted by Crippen LogP contribution is 2.12. The van der Waals surface area contributed by atoms with E-state index >= 15 is 0 Å². The summed E-state index contributed by atoms with van der Waals surface area (Å²) in [6, 6.07) is 5.83. The van der Waals surface area contributed by atoms with Crippen LogP contribution in [0.15, 0.2) is 36.7 Å². The van der Waals surface area contributed by atoms with Crippen molar-refractivity contribution in [3.63, 3.8) is 0 Å². The fourth-order valence-corrected chi connectivity index (χ4v) is 1.85. The highest BCUT2D eigenvalue weighted by atomic mass is 35.5. The van der Waals surface area contributed by atoms with Gasteiger partial charge in [-0.05, 0) is 24.6 Å². The molecule has 100 valence electrons. The Balaban J connectivity index is 1.93. The fraction of sp³-hybridized carbons (Fsp3) is 0.231. The van der Waals surface area contributed by atoms with E-state index in [-0.39, 0.29) is 24.3 Å². The zero-order chi connectivity index (χ0) is 13.8. The third-order valence-corrected chi connectivity index (χ3v) is 2.85. The topological polar surface area (TPSA) is 46.9 Å². The van der Waals surface area contributed by atoms with E-state index in [1.165, 1.54) is 23.0 Å². The minimum atomic E-state index is -0.298. The van der Waals surface area contributed by atoms with Crippen molar-refractivity contribution in [1.29, 1.82) is 0 Å². The fourth-order valence-electron chi connectivity index (χ4n) is 1.69. The van der Waals surface area contributed by atoms with Gasteiger partial charge in [0.05, 0.1) is 17.3 Å². The van der Waals surface area contributed by atoms with Crippen molar-refractivity contribution in [2.75, 3.05) is 0 Å². The predicted octanol–water partition coefficient (Wildman–Crippen LogP) is 2.55. The molecular formula is C13H13ClFN3O. The summed E-state index contributed by atoms with van der Waals surface area (Å²) in [5, 5.41) is 7.22. The van der Waals surface area contributed by atoms with E-state index < -0.39 is 0 Å². The SMILES string of the molecule is C[C@H](NC(=O)Cn1cc(Cl)cn1)c1ccc(F)cc1. The normalized spacial score (nSPS) is 12.2. The molecule has 0 radical (unpaired) electrons. The quantitative estimate of drug-likeness (QED) is 0.936. The maximum absolute atomic E-state index is 12.8. The highest BCUT2D eigenvalue weighted by Gasteiger charge is 2.10. The van der Waals surface area contributed by atoms with Gasteiger partial charge in [-0.25, -0.2) is 4.39 Å². The summed E-state index contributed by atoms with van der Waals surface area (Å²) in [6.45, 7) is 1.93. The average molecular weight is 282 g/mol. The maximum atomic E-state index is 12.8. The summed E-state index contributed by atoms with van der Waals surface area (Å²) < 4.78 is 14.2. The number of carbonyl (C=O) groups excluding carboxylic acids is 1. The number of aromatic nitrogens is 2. The molecule has 1 heterocycles. The second kappa shape index (κ2) is 5.84. The maximum Gasteiger partial charge on any atom is 0.242 e. The first-order valence-corrected chi connectivity index (χ1v) is 6.15. The number of benzene rings is 1. The summed E-state index contributed by atoms with van der Waals surface area (Å²) >= 11 is 5.71. The number of rotatable bonds is 4. The van der Waals surface area contributed by atoms with Gasteiger partial charge in [0, 0.05) is 6.20 Å². The standard InChI is InChI=1S/C13H13ClFN3O/c1-9(10-2-4-12(15)5-3-10)17-13(19)8-18-7-11(14)6-16-18/h2-7,9H,8H2,1H3,(H,17,19)/t9-/m0/s1. The van der Waals surface area contributed by atoms with Crippen molar-refractivity contribution in [2.45, 2.75) is 19.5 Å². The number of halogens is 2. The lowest BCUT2D eigenvalue weighted by atomic mass is 10.1. The van der Waals surface area contributed by atoms with Crippen molar-refractivity contribution in [3.8, 4) is 0 Å². The summed E-state index contributed by atoms with van der Waals surface area (Å²) in [5.74, 6) is -0.481. The summed E-state index contributed by atoms with van der Waals surface area (Å²) in [4.78, 5) is 11.8. The lowest BCUT2D eigenvalue weighted by molar-refractivity contribution is -0.122. The van der Waals surface area contributed by atoms with Crippen molar-refractivity contribution in [1.82, 2.24) is 15.1 Å². The molecule has 2 rings (SSSR count). The molecule has 1 aromatic heterocycles. The second-order valence-corrected chi connectivity index (χ2v) is 4.63. The van der Waals surface area contributed by atoms with Crippen LogP contribution in [0.2, 0.25) is 5.02 Å². The van der Waals surface area contributed by atoms with E-state index in [2.05, 4.69) is 10.4 Å². The predicted molar refractivity (Wildman–Crippen MR) is 70.2 cm³/mol. The highest BCUT2D eigenvalue weighted by molar-refractivity contribution is 6.30. The van der Waals surface area contributed by atoms with E-state index in [9.17, 15) is 9.18 Å². The van der Waals surface area contributed by atoms with Gasteiger partial charge in [0.15, 0.2) is 0 Å². The number of carbonyl (C=O) groups is 1. The number of amides is 1. The number of nitrogens with one attached hydrogen (secondary N) is 1. The van der Waals surface area contributed by atoms with Crippen molar-refractivity contribution < 1.29 is 9.18 Å². The Morgan fingerprint density at radius 1 is 1.47 bits per heavy atom. The summed E-state index contributed by atoms with van der Waals surface area (Å²) in [7, 11) is 0. The second-order valence-electron chi connectivity index (χ2n) is 4.20. The molecule has 19 heavy (non-hydrogen) atoms. The molecule has 0 aliphatic rings. The first-order valence-electron chi connectivity index (χ1n) is 5.77. The average Bonchev–Trinajstić information content (AvgIpc) is 2.75. The zero-order valence-electron chi connectivity index (χ0n) is 10.3. The minimum Gasteiger partial charge on any atom is -0.348 e. The number of hydrogen-bond donors (Lipinski definition) is 1. The Morgan fingerprint density at radius 3 is 2.74 bits per heavy atom. The van der Waals surface area contributed by atoms with Crippen LogP contribution in [0.25, 0.3) is 0 Å². The largest absolute Gasteiger partial charge is 0.348 e. The van der Waals surface area contributed by atoms with Crippen LogP contribution in [0.5, 0.6) is 0 Å². The third kappa shape index (κ3) is 3.79. The van der Waals surface area contributed by atoms with Gasteiger partial charge in [0.1, 0.15) is 12.4 Å². The van der Waals surface area contributed by atoms with E-state index in [1.807, 2.05) is 6.92 Å². The molecule has 1 atom stereocenters. The lowest BCUT2D eigenvalue weighted by Crippen LogP contribution is -2.30. The molecule has 0 unspecified atom stereocenters. The van der Waals surface area contributed by atoms with Crippen LogP contribution >= 0.6 is 11.6 Å². The van der Waals surface area contributed by atoms with Crippen LogP contribution in [0.3, 0.4) is 0 Å². The Bertz CT molecular complexity index is 568. The van der Waals surface area contributed by atoms with Crippen LogP contribution in [-0.4, -0.2) is 15.7 Å². The third-order valence-electron chi connectivity index (χ3n) is 2.65. The van der Waals surface area contributed by atoms with Crippen molar-refractivity contribution in [2.24, 2.45) is 0 Å². The molecular weight excluding hydrogens is 269 g/mol. The first-order chi connectivity index (χ1) is 9.04. The van der Waals surface area contributed by atoms with Gasteiger partial charge in [-0.3, -0.25) is 9.48 Å². The van der Waals surface area contributed by atoms with E-state index in [4.69, 9.17) is 11.6 Å². The molecule has 0 saturated heterocycles. The molecule has 0 spiro atoms. The molecule has 0 aliphatic heterocycles. The molecule has 1 amide bonds. The number of hydrogen-bond acceptors (Lipinski definition) is 2. The van der Waals surface area contributed by atoms with Gasteiger partial charge in [0.2, 0.25) is 5.91 Å². The molecule has 0 aliphatic carbocycles. The van der Waals surface area contributed by atoms with Gasteiger partial charge in [0.25, 0.3) is 0 Å². The minimum absolute atomic E-state index is 0.0955. The Kier molecular flexibility index (Phi) is 4.16. The van der Waals surface area contributed by atoms with Crippen LogP contribution in [-0.2, 0) is 11.3 Å². The Morgan fingerprint density at radius 2 is 2.16 bits per heavy atom. The monoisotopic (exact) mass is 281 g/mol. The molecule has 6 heteroatoms. The van der Waals surface area contributed by atoms with Crippen LogP contribution in [0.4, 0.5) is 4.39 Å². The van der Waals surface area contributed by atoms with Crippen LogP contribution in [0.1, 0.15) is 18.5 Å². The van der Waals surface area contributed by atoms with E-state index in [0.717, 1.165) is 5.56 Å². The van der Waals surface area contributed by atoms with Gasteiger partial charge < -0.3 is 5.32 Å². The molecule has 0 fully saturated rings. The Hall–Kier alpha value is -1.88. The van der Waals surface area contributed by atoms with E-state index in [0.29, 0.717) is 5.02 Å². The van der Waals surface area contributed by atoms with Crippen LogP contribution < -0.4 is 5.32 Å². The molecule has 0 bridgehead atoms. The molecule has 0 saturated carbocycles. The van der Waals surface area contributed by atoms with E-state index in [1.54, 1.807) is 18.3 Å². The zero-order valence-corrected chi connectivity index (χ0v) is 11.1. The smallest absolute Gasteiger partial charge is 0.242 e. The van der Waals surface area contributed by atoms with Crippen molar-refractivity contribution in [3.05, 3.63) is 53.1 Å².